The number of aromatic hydroxyl groups is 1. The summed E-state index contributed by atoms with van der Waals surface area (Å²) in [6.45, 7) is 2.11. The van der Waals surface area contributed by atoms with Crippen LogP contribution in [0.4, 0.5) is 10.1 Å². The number of carbonyl (C=O) groups excluding carboxylic acids is 1. The molecule has 6 heteroatoms. The van der Waals surface area contributed by atoms with Gasteiger partial charge in [0.1, 0.15) is 5.75 Å². The fourth-order valence-corrected chi connectivity index (χ4v) is 1.88. The van der Waals surface area contributed by atoms with Crippen molar-refractivity contribution in [3.8, 4) is 11.5 Å². The van der Waals surface area contributed by atoms with Crippen LogP contribution in [0.15, 0.2) is 36.4 Å². The number of anilines is 1. The summed E-state index contributed by atoms with van der Waals surface area (Å²) >= 11 is 5.74. The number of halogens is 2. The third-order valence-corrected chi connectivity index (χ3v) is 3.00. The second kappa shape index (κ2) is 6.45. The number of benzene rings is 2. The third kappa shape index (κ3) is 3.64. The van der Waals surface area contributed by atoms with Crippen molar-refractivity contribution in [2.75, 3.05) is 11.9 Å². The highest BCUT2D eigenvalue weighted by atomic mass is 35.5. The molecule has 2 aromatic carbocycles. The molecule has 2 rings (SSSR count). The quantitative estimate of drug-likeness (QED) is 0.902. The van der Waals surface area contributed by atoms with E-state index in [0.717, 1.165) is 0 Å². The minimum Gasteiger partial charge on any atom is -0.506 e. The van der Waals surface area contributed by atoms with Gasteiger partial charge >= 0.3 is 0 Å². The molecule has 4 nitrogen and oxygen atoms in total. The summed E-state index contributed by atoms with van der Waals surface area (Å²) in [6, 6.07) is 8.21. The highest BCUT2D eigenvalue weighted by molar-refractivity contribution is 6.32. The second-order valence-electron chi connectivity index (χ2n) is 4.20. The number of rotatable bonds is 4. The number of ether oxygens (including phenoxy) is 1. The Hall–Kier alpha value is -2.27. The SMILES string of the molecule is CCOc1ccc(NC(=O)c2ccc(O)c(Cl)c2)cc1F. The lowest BCUT2D eigenvalue weighted by Crippen LogP contribution is -2.12. The van der Waals surface area contributed by atoms with Crippen molar-refractivity contribution in [1.29, 1.82) is 0 Å². The molecule has 0 bridgehead atoms. The minimum atomic E-state index is -0.557. The number of phenolic OH excluding ortho intramolecular Hbond substituents is 1. The molecule has 2 aromatic rings. The maximum atomic E-state index is 13.7. The van der Waals surface area contributed by atoms with Gasteiger partial charge in [0, 0.05) is 17.3 Å². The van der Waals surface area contributed by atoms with Gasteiger partial charge in [0.2, 0.25) is 0 Å². The molecule has 0 aliphatic rings. The Morgan fingerprint density at radius 1 is 1.33 bits per heavy atom. The number of hydrogen-bond acceptors (Lipinski definition) is 3. The van der Waals surface area contributed by atoms with E-state index < -0.39 is 11.7 Å². The molecule has 0 fully saturated rings. The molecule has 0 saturated carbocycles. The summed E-state index contributed by atoms with van der Waals surface area (Å²) in [5.41, 5.74) is 0.553. The topological polar surface area (TPSA) is 58.6 Å². The molecular formula is C15H13ClFNO3. The summed E-state index contributed by atoms with van der Waals surface area (Å²) in [7, 11) is 0. The van der Waals surface area contributed by atoms with E-state index in [2.05, 4.69) is 5.32 Å². The van der Waals surface area contributed by atoms with Crippen LogP contribution in [0.1, 0.15) is 17.3 Å². The van der Waals surface area contributed by atoms with Gasteiger partial charge in [0.25, 0.3) is 5.91 Å². The predicted molar refractivity (Wildman–Crippen MR) is 78.6 cm³/mol. The van der Waals surface area contributed by atoms with Gasteiger partial charge in [-0.25, -0.2) is 4.39 Å². The molecule has 0 spiro atoms. The van der Waals surface area contributed by atoms with Crippen molar-refractivity contribution < 1.29 is 19.0 Å². The van der Waals surface area contributed by atoms with E-state index in [9.17, 15) is 14.3 Å². The van der Waals surface area contributed by atoms with Crippen LogP contribution in [0.3, 0.4) is 0 Å². The number of carbonyl (C=O) groups is 1. The number of nitrogens with one attached hydrogen (secondary N) is 1. The first-order chi connectivity index (χ1) is 10.0. The summed E-state index contributed by atoms with van der Waals surface area (Å²) in [5, 5.41) is 11.9. The van der Waals surface area contributed by atoms with Gasteiger partial charge in [-0.3, -0.25) is 4.79 Å². The van der Waals surface area contributed by atoms with E-state index in [4.69, 9.17) is 16.3 Å². The van der Waals surface area contributed by atoms with E-state index in [0.29, 0.717) is 12.3 Å². The normalized spacial score (nSPS) is 10.2. The lowest BCUT2D eigenvalue weighted by Gasteiger charge is -2.09. The largest absolute Gasteiger partial charge is 0.506 e. The summed E-state index contributed by atoms with van der Waals surface area (Å²) in [4.78, 5) is 12.0. The molecular weight excluding hydrogens is 297 g/mol. The first-order valence-electron chi connectivity index (χ1n) is 6.23. The van der Waals surface area contributed by atoms with Gasteiger partial charge in [0.05, 0.1) is 11.6 Å². The zero-order chi connectivity index (χ0) is 15.4. The average Bonchev–Trinajstić information content (AvgIpc) is 2.45. The van der Waals surface area contributed by atoms with Crippen molar-refractivity contribution in [2.45, 2.75) is 6.92 Å². The van der Waals surface area contributed by atoms with Gasteiger partial charge in [-0.05, 0) is 37.3 Å². The molecule has 0 aliphatic heterocycles. The first-order valence-corrected chi connectivity index (χ1v) is 6.61. The highest BCUT2D eigenvalue weighted by Crippen LogP contribution is 2.25. The molecule has 2 N–H and O–H groups in total. The Balaban J connectivity index is 2.15. The van der Waals surface area contributed by atoms with Crippen LogP contribution in [0.25, 0.3) is 0 Å². The lowest BCUT2D eigenvalue weighted by atomic mass is 10.2. The molecule has 1 amide bonds. The number of hydrogen-bond donors (Lipinski definition) is 2. The zero-order valence-electron chi connectivity index (χ0n) is 11.2. The fourth-order valence-electron chi connectivity index (χ4n) is 1.70. The highest BCUT2D eigenvalue weighted by Gasteiger charge is 2.10. The van der Waals surface area contributed by atoms with Crippen LogP contribution < -0.4 is 10.1 Å². The van der Waals surface area contributed by atoms with E-state index in [1.54, 1.807) is 6.92 Å². The maximum absolute atomic E-state index is 13.7. The van der Waals surface area contributed by atoms with Crippen molar-refractivity contribution >= 4 is 23.2 Å². The Bertz CT molecular complexity index is 676. The van der Waals surface area contributed by atoms with E-state index in [1.807, 2.05) is 0 Å². The second-order valence-corrected chi connectivity index (χ2v) is 4.61. The summed E-state index contributed by atoms with van der Waals surface area (Å²) in [5.74, 6) is -0.998. The van der Waals surface area contributed by atoms with Crippen LogP contribution >= 0.6 is 11.6 Å². The fraction of sp³-hybridized carbons (Fsp3) is 0.133. The molecule has 0 atom stereocenters. The van der Waals surface area contributed by atoms with E-state index in [1.165, 1.54) is 36.4 Å². The molecule has 0 radical (unpaired) electrons. The van der Waals surface area contributed by atoms with Crippen LogP contribution in [-0.4, -0.2) is 17.6 Å². The molecule has 0 unspecified atom stereocenters. The van der Waals surface area contributed by atoms with Gasteiger partial charge in [-0.2, -0.15) is 0 Å². The summed E-state index contributed by atoms with van der Waals surface area (Å²) in [6.07, 6.45) is 0. The van der Waals surface area contributed by atoms with Crippen molar-refractivity contribution in [3.05, 3.63) is 52.8 Å². The molecule has 0 heterocycles. The van der Waals surface area contributed by atoms with Gasteiger partial charge in [0.15, 0.2) is 11.6 Å². The standard InChI is InChI=1S/C15H13ClFNO3/c1-2-21-14-6-4-10(8-12(14)17)18-15(20)9-3-5-13(19)11(16)7-9/h3-8,19H,2H2,1H3,(H,18,20). The first kappa shape index (κ1) is 15.1. The Morgan fingerprint density at radius 2 is 2.10 bits per heavy atom. The maximum Gasteiger partial charge on any atom is 0.255 e. The van der Waals surface area contributed by atoms with Gasteiger partial charge < -0.3 is 15.2 Å². The molecule has 110 valence electrons. The van der Waals surface area contributed by atoms with E-state index >= 15 is 0 Å². The zero-order valence-corrected chi connectivity index (χ0v) is 11.9. The van der Waals surface area contributed by atoms with Crippen molar-refractivity contribution in [3.63, 3.8) is 0 Å². The van der Waals surface area contributed by atoms with Crippen molar-refractivity contribution in [1.82, 2.24) is 0 Å². The van der Waals surface area contributed by atoms with Crippen LogP contribution in [0, 0.1) is 5.82 Å². The van der Waals surface area contributed by atoms with Gasteiger partial charge in [-0.1, -0.05) is 11.6 Å². The minimum absolute atomic E-state index is 0.0699. The Labute approximate surface area is 126 Å². The smallest absolute Gasteiger partial charge is 0.255 e. The van der Waals surface area contributed by atoms with E-state index in [-0.39, 0.29) is 22.1 Å². The Morgan fingerprint density at radius 3 is 2.71 bits per heavy atom. The predicted octanol–water partition coefficient (Wildman–Crippen LogP) is 3.84. The lowest BCUT2D eigenvalue weighted by molar-refractivity contribution is 0.102. The van der Waals surface area contributed by atoms with Gasteiger partial charge in [-0.15, -0.1) is 0 Å². The molecule has 0 aromatic heterocycles. The van der Waals surface area contributed by atoms with Crippen LogP contribution in [0.2, 0.25) is 5.02 Å². The number of phenols is 1. The van der Waals surface area contributed by atoms with Crippen LogP contribution in [-0.2, 0) is 0 Å². The average molecular weight is 310 g/mol. The molecule has 0 saturated heterocycles. The van der Waals surface area contributed by atoms with Crippen molar-refractivity contribution in [2.24, 2.45) is 0 Å². The monoisotopic (exact) mass is 309 g/mol. The molecule has 21 heavy (non-hydrogen) atoms. The third-order valence-electron chi connectivity index (χ3n) is 2.70. The summed E-state index contributed by atoms with van der Waals surface area (Å²) < 4.78 is 18.8. The Kier molecular flexibility index (Phi) is 4.65. The molecule has 0 aliphatic carbocycles. The number of amides is 1. The van der Waals surface area contributed by atoms with Crippen LogP contribution in [0.5, 0.6) is 11.5 Å².